The average Bonchev–Trinajstić information content (AvgIpc) is 2.74. The molecule has 3 amide bonds. The van der Waals surface area contributed by atoms with Gasteiger partial charge in [-0.2, -0.15) is 8.78 Å². The quantitative estimate of drug-likeness (QED) is 0.620. The summed E-state index contributed by atoms with van der Waals surface area (Å²) in [6.07, 6.45) is 0.130. The van der Waals surface area contributed by atoms with Crippen LogP contribution in [0.3, 0.4) is 0 Å². The zero-order valence-electron chi connectivity index (χ0n) is 17.8. The first-order valence-electron chi connectivity index (χ1n) is 9.68. The molecule has 2 rings (SSSR count). The van der Waals surface area contributed by atoms with Crippen LogP contribution in [0.25, 0.3) is 0 Å². The number of alkyl halides is 2. The van der Waals surface area contributed by atoms with Gasteiger partial charge in [0, 0.05) is 40.2 Å². The third-order valence-electron chi connectivity index (χ3n) is 4.51. The van der Waals surface area contributed by atoms with Crippen molar-refractivity contribution in [1.29, 1.82) is 0 Å². The summed E-state index contributed by atoms with van der Waals surface area (Å²) in [6, 6.07) is 13.8. The fourth-order valence-corrected chi connectivity index (χ4v) is 2.90. The Morgan fingerprint density at radius 1 is 0.968 bits per heavy atom. The Bertz CT molecular complexity index is 865. The first-order valence-corrected chi connectivity index (χ1v) is 9.68. The third-order valence-corrected chi connectivity index (χ3v) is 4.51. The number of hydrogen-bond acceptors (Lipinski definition) is 4. The predicted octanol–water partition coefficient (Wildman–Crippen LogP) is 3.49. The van der Waals surface area contributed by atoms with Crippen LogP contribution < -0.4 is 14.8 Å². The number of nitrogens with one attached hydrogen (secondary N) is 1. The van der Waals surface area contributed by atoms with E-state index >= 15 is 0 Å². The number of rotatable bonds is 10. The van der Waals surface area contributed by atoms with Crippen molar-refractivity contribution in [3.05, 3.63) is 59.7 Å². The molecular formula is C22H27F2N3O4. The van der Waals surface area contributed by atoms with Gasteiger partial charge in [-0.05, 0) is 23.3 Å². The number of hydrogen-bond donors (Lipinski definition) is 1. The number of benzene rings is 2. The summed E-state index contributed by atoms with van der Waals surface area (Å²) in [5, 5.41) is 2.73. The van der Waals surface area contributed by atoms with Crippen LogP contribution in [0.2, 0.25) is 0 Å². The summed E-state index contributed by atoms with van der Waals surface area (Å²) in [4.78, 5) is 27.6. The molecule has 0 saturated carbocycles. The van der Waals surface area contributed by atoms with Crippen molar-refractivity contribution >= 4 is 11.9 Å². The standard InChI is InChI=1S/C22H27F2N3O4/c1-26(15-17-9-10-18(31-21(23)24)19(13-17)30-3)20(28)11-12-25-22(29)27(2)14-16-7-5-4-6-8-16/h4-10,13,21H,11-12,14-15H2,1-3H3,(H,25,29). The van der Waals surface area contributed by atoms with Crippen LogP contribution in [-0.2, 0) is 17.9 Å². The molecule has 2 aromatic carbocycles. The number of ether oxygens (including phenoxy) is 2. The van der Waals surface area contributed by atoms with E-state index in [-0.39, 0.29) is 42.9 Å². The second kappa shape index (κ2) is 11.7. The molecule has 0 fully saturated rings. The second-order valence-electron chi connectivity index (χ2n) is 6.94. The molecule has 0 aliphatic rings. The molecule has 0 aromatic heterocycles. The van der Waals surface area contributed by atoms with E-state index in [0.29, 0.717) is 12.1 Å². The third kappa shape index (κ3) is 7.76. The van der Waals surface area contributed by atoms with Crippen LogP contribution in [0.15, 0.2) is 48.5 Å². The highest BCUT2D eigenvalue weighted by Crippen LogP contribution is 2.29. The Morgan fingerprint density at radius 3 is 2.29 bits per heavy atom. The minimum Gasteiger partial charge on any atom is -0.493 e. The first-order chi connectivity index (χ1) is 14.8. The van der Waals surface area contributed by atoms with Gasteiger partial charge in [0.2, 0.25) is 5.91 Å². The molecule has 9 heteroatoms. The highest BCUT2D eigenvalue weighted by Gasteiger charge is 2.15. The fourth-order valence-electron chi connectivity index (χ4n) is 2.90. The molecular weight excluding hydrogens is 408 g/mol. The summed E-state index contributed by atoms with van der Waals surface area (Å²) < 4.78 is 34.3. The van der Waals surface area contributed by atoms with Gasteiger partial charge in [0.25, 0.3) is 0 Å². The Balaban J connectivity index is 1.79. The van der Waals surface area contributed by atoms with Crippen molar-refractivity contribution in [2.75, 3.05) is 27.7 Å². The van der Waals surface area contributed by atoms with E-state index in [9.17, 15) is 18.4 Å². The maximum Gasteiger partial charge on any atom is 0.387 e. The number of amides is 3. The van der Waals surface area contributed by atoms with Gasteiger partial charge in [-0.25, -0.2) is 4.79 Å². The molecule has 0 saturated heterocycles. The van der Waals surface area contributed by atoms with Crippen LogP contribution in [0.1, 0.15) is 17.5 Å². The summed E-state index contributed by atoms with van der Waals surface area (Å²) in [6.45, 7) is -2.03. The maximum atomic E-state index is 12.4. The highest BCUT2D eigenvalue weighted by atomic mass is 19.3. The van der Waals surface area contributed by atoms with Gasteiger partial charge in [-0.3, -0.25) is 4.79 Å². The summed E-state index contributed by atoms with van der Waals surface area (Å²) in [5.41, 5.74) is 1.71. The lowest BCUT2D eigenvalue weighted by Crippen LogP contribution is -2.39. The zero-order chi connectivity index (χ0) is 22.8. The monoisotopic (exact) mass is 435 g/mol. The molecule has 0 atom stereocenters. The van der Waals surface area contributed by atoms with E-state index in [1.807, 2.05) is 30.3 Å². The van der Waals surface area contributed by atoms with Crippen molar-refractivity contribution < 1.29 is 27.8 Å². The first kappa shape index (κ1) is 23.9. The summed E-state index contributed by atoms with van der Waals surface area (Å²) >= 11 is 0. The average molecular weight is 435 g/mol. The summed E-state index contributed by atoms with van der Waals surface area (Å²) in [7, 11) is 4.66. The smallest absolute Gasteiger partial charge is 0.387 e. The molecule has 7 nitrogen and oxygen atoms in total. The molecule has 0 heterocycles. The van der Waals surface area contributed by atoms with Crippen molar-refractivity contribution in [3.8, 4) is 11.5 Å². The Morgan fingerprint density at radius 2 is 1.65 bits per heavy atom. The van der Waals surface area contributed by atoms with E-state index in [1.165, 1.54) is 18.1 Å². The Kier molecular flexibility index (Phi) is 9.05. The van der Waals surface area contributed by atoms with E-state index in [0.717, 1.165) is 5.56 Å². The molecule has 0 aliphatic heterocycles. The topological polar surface area (TPSA) is 71.1 Å². The van der Waals surface area contributed by atoms with Crippen molar-refractivity contribution in [2.45, 2.75) is 26.1 Å². The molecule has 31 heavy (non-hydrogen) atoms. The van der Waals surface area contributed by atoms with Crippen LogP contribution in [0.5, 0.6) is 11.5 Å². The molecule has 168 valence electrons. The Hall–Kier alpha value is -3.36. The van der Waals surface area contributed by atoms with Crippen molar-refractivity contribution in [1.82, 2.24) is 15.1 Å². The number of urea groups is 1. The van der Waals surface area contributed by atoms with Gasteiger partial charge in [-0.15, -0.1) is 0 Å². The molecule has 0 aliphatic carbocycles. The number of halogens is 2. The minimum absolute atomic E-state index is 0.0717. The molecule has 0 radical (unpaired) electrons. The maximum absolute atomic E-state index is 12.4. The number of nitrogens with zero attached hydrogens (tertiary/aromatic N) is 2. The number of methoxy groups -OCH3 is 1. The minimum atomic E-state index is -2.95. The zero-order valence-corrected chi connectivity index (χ0v) is 17.8. The van der Waals surface area contributed by atoms with Crippen LogP contribution >= 0.6 is 0 Å². The predicted molar refractivity (Wildman–Crippen MR) is 112 cm³/mol. The molecule has 1 N–H and O–H groups in total. The van der Waals surface area contributed by atoms with Crippen molar-refractivity contribution in [3.63, 3.8) is 0 Å². The van der Waals surface area contributed by atoms with Crippen LogP contribution in [0, 0.1) is 0 Å². The fraction of sp³-hybridized carbons (Fsp3) is 0.364. The van der Waals surface area contributed by atoms with E-state index in [2.05, 4.69) is 10.1 Å². The SMILES string of the molecule is COc1cc(CN(C)C(=O)CCNC(=O)N(C)Cc2ccccc2)ccc1OC(F)F. The van der Waals surface area contributed by atoms with Gasteiger partial charge in [0.15, 0.2) is 11.5 Å². The van der Waals surface area contributed by atoms with E-state index in [4.69, 9.17) is 4.74 Å². The molecule has 2 aromatic rings. The normalized spacial score (nSPS) is 10.5. The van der Waals surface area contributed by atoms with Crippen LogP contribution in [0.4, 0.5) is 13.6 Å². The lowest BCUT2D eigenvalue weighted by atomic mass is 10.2. The van der Waals surface area contributed by atoms with Gasteiger partial charge in [-0.1, -0.05) is 36.4 Å². The number of carbonyl (C=O) groups is 2. The second-order valence-corrected chi connectivity index (χ2v) is 6.94. The lowest BCUT2D eigenvalue weighted by Gasteiger charge is -2.20. The number of carbonyl (C=O) groups excluding carboxylic acids is 2. The largest absolute Gasteiger partial charge is 0.493 e. The van der Waals surface area contributed by atoms with Crippen LogP contribution in [-0.4, -0.2) is 56.1 Å². The van der Waals surface area contributed by atoms with Crippen molar-refractivity contribution in [2.24, 2.45) is 0 Å². The van der Waals surface area contributed by atoms with Gasteiger partial charge >= 0.3 is 12.6 Å². The summed E-state index contributed by atoms with van der Waals surface area (Å²) in [5.74, 6) is -0.0807. The van der Waals surface area contributed by atoms with E-state index < -0.39 is 6.61 Å². The van der Waals surface area contributed by atoms with Gasteiger partial charge < -0.3 is 24.6 Å². The lowest BCUT2D eigenvalue weighted by molar-refractivity contribution is -0.130. The van der Waals surface area contributed by atoms with Gasteiger partial charge in [0.05, 0.1) is 7.11 Å². The van der Waals surface area contributed by atoms with Gasteiger partial charge in [0.1, 0.15) is 0 Å². The molecule has 0 bridgehead atoms. The molecule has 0 spiro atoms. The Labute approximate surface area is 180 Å². The highest BCUT2D eigenvalue weighted by molar-refractivity contribution is 5.78. The van der Waals surface area contributed by atoms with E-state index in [1.54, 1.807) is 31.1 Å². The molecule has 0 unspecified atom stereocenters.